The summed E-state index contributed by atoms with van der Waals surface area (Å²) in [4.78, 5) is 5.00. The zero-order valence-corrected chi connectivity index (χ0v) is 15.2. The highest BCUT2D eigenvalue weighted by Crippen LogP contribution is 2.47. The predicted molar refractivity (Wildman–Crippen MR) is 99.5 cm³/mol. The van der Waals surface area contributed by atoms with Crippen LogP contribution in [0, 0.1) is 17.6 Å². The van der Waals surface area contributed by atoms with E-state index < -0.39 is 11.6 Å². The Morgan fingerprint density at radius 3 is 2.41 bits per heavy atom. The number of aromatic hydroxyl groups is 1. The van der Waals surface area contributed by atoms with Gasteiger partial charge in [-0.1, -0.05) is 12.1 Å². The molecule has 0 amide bonds. The first kappa shape index (κ1) is 17.1. The minimum absolute atomic E-state index is 0.112. The minimum Gasteiger partial charge on any atom is -0.508 e. The van der Waals surface area contributed by atoms with Gasteiger partial charge >= 0.3 is 0 Å². The topological polar surface area (TPSA) is 26.7 Å². The fourth-order valence-electron chi connectivity index (χ4n) is 5.69. The molecule has 2 aromatic rings. The monoisotopic (exact) mass is 370 g/mol. The third kappa shape index (κ3) is 3.03. The van der Waals surface area contributed by atoms with Gasteiger partial charge in [-0.05, 0) is 67.2 Å². The Labute approximate surface area is 158 Å². The third-order valence-corrected chi connectivity index (χ3v) is 6.70. The highest BCUT2D eigenvalue weighted by molar-refractivity contribution is 5.30. The van der Waals surface area contributed by atoms with E-state index in [9.17, 15) is 13.9 Å². The molecule has 1 N–H and O–H groups in total. The van der Waals surface area contributed by atoms with Crippen molar-refractivity contribution in [3.05, 3.63) is 65.2 Å². The predicted octanol–water partition coefficient (Wildman–Crippen LogP) is 3.73. The maximum absolute atomic E-state index is 13.9. The van der Waals surface area contributed by atoms with Crippen LogP contribution in [-0.2, 0) is 6.54 Å². The van der Waals surface area contributed by atoms with Gasteiger partial charge in [0.05, 0.1) is 0 Å². The van der Waals surface area contributed by atoms with Crippen molar-refractivity contribution in [2.24, 2.45) is 5.92 Å². The number of phenols is 1. The molecule has 0 saturated carbocycles. The zero-order chi connectivity index (χ0) is 18.5. The summed E-state index contributed by atoms with van der Waals surface area (Å²) in [6.45, 7) is 3.72. The Kier molecular flexibility index (Phi) is 4.17. The van der Waals surface area contributed by atoms with Crippen LogP contribution >= 0.6 is 0 Å². The average Bonchev–Trinajstić information content (AvgIpc) is 3.04. The SMILES string of the molecule is Oc1cccc(CN2C[C@H](c3cc(F)cc(F)c3)[C@H]3[C@@H]2C2CCN3CC2)c1. The molecule has 5 heteroatoms. The highest BCUT2D eigenvalue weighted by atomic mass is 19.1. The minimum atomic E-state index is -0.496. The molecule has 4 fully saturated rings. The maximum Gasteiger partial charge on any atom is 0.126 e. The molecule has 4 saturated heterocycles. The highest BCUT2D eigenvalue weighted by Gasteiger charge is 2.53. The van der Waals surface area contributed by atoms with Gasteiger partial charge in [0.15, 0.2) is 0 Å². The lowest BCUT2D eigenvalue weighted by Gasteiger charge is -2.51. The van der Waals surface area contributed by atoms with Gasteiger partial charge in [0.1, 0.15) is 17.4 Å². The largest absolute Gasteiger partial charge is 0.508 e. The summed E-state index contributed by atoms with van der Waals surface area (Å²) < 4.78 is 27.8. The molecule has 3 nitrogen and oxygen atoms in total. The summed E-state index contributed by atoms with van der Waals surface area (Å²) in [5.74, 6) is 0.0372. The van der Waals surface area contributed by atoms with E-state index in [1.807, 2.05) is 18.2 Å². The van der Waals surface area contributed by atoms with Gasteiger partial charge in [-0.2, -0.15) is 0 Å². The van der Waals surface area contributed by atoms with Crippen molar-refractivity contribution in [3.8, 4) is 5.75 Å². The lowest BCUT2D eigenvalue weighted by molar-refractivity contribution is -0.00872. The molecular formula is C22H24F2N2O. The Morgan fingerprint density at radius 1 is 0.963 bits per heavy atom. The molecular weight excluding hydrogens is 346 g/mol. The normalized spacial score (nSPS) is 32.6. The van der Waals surface area contributed by atoms with Crippen LogP contribution in [0.15, 0.2) is 42.5 Å². The van der Waals surface area contributed by atoms with Crippen LogP contribution in [0.1, 0.15) is 29.9 Å². The van der Waals surface area contributed by atoms with E-state index in [1.165, 1.54) is 25.0 Å². The molecule has 4 aliphatic rings. The van der Waals surface area contributed by atoms with Gasteiger partial charge in [-0.15, -0.1) is 0 Å². The number of fused-ring (bicyclic) bond motifs is 2. The summed E-state index contributed by atoms with van der Waals surface area (Å²) in [6, 6.07) is 12.1. The zero-order valence-electron chi connectivity index (χ0n) is 15.2. The van der Waals surface area contributed by atoms with Crippen molar-refractivity contribution >= 4 is 0 Å². The Hall–Kier alpha value is -1.98. The van der Waals surface area contributed by atoms with Gasteiger partial charge in [-0.3, -0.25) is 9.80 Å². The van der Waals surface area contributed by atoms with E-state index in [1.54, 1.807) is 6.07 Å². The molecule has 0 spiro atoms. The Bertz CT molecular complexity index is 830. The van der Waals surface area contributed by atoms with E-state index >= 15 is 0 Å². The van der Waals surface area contributed by atoms with Crippen molar-refractivity contribution < 1.29 is 13.9 Å². The van der Waals surface area contributed by atoms with Crippen LogP contribution in [0.3, 0.4) is 0 Å². The van der Waals surface area contributed by atoms with E-state index in [4.69, 9.17) is 0 Å². The van der Waals surface area contributed by atoms with Gasteiger partial charge in [0.2, 0.25) is 0 Å². The number of likely N-dealkylation sites (tertiary alicyclic amines) is 1. The van der Waals surface area contributed by atoms with E-state index in [2.05, 4.69) is 9.80 Å². The Balaban J connectivity index is 1.49. The number of phenolic OH excluding ortho intramolecular Hbond substituents is 1. The third-order valence-electron chi connectivity index (χ3n) is 6.70. The molecule has 0 aliphatic carbocycles. The van der Waals surface area contributed by atoms with Gasteiger partial charge in [0, 0.05) is 37.2 Å². The Morgan fingerprint density at radius 2 is 1.70 bits per heavy atom. The van der Waals surface area contributed by atoms with Crippen molar-refractivity contribution in [2.75, 3.05) is 19.6 Å². The fourth-order valence-corrected chi connectivity index (χ4v) is 5.69. The average molecular weight is 370 g/mol. The fraction of sp³-hybridized carbons (Fsp3) is 0.455. The van der Waals surface area contributed by atoms with Crippen molar-refractivity contribution in [3.63, 3.8) is 0 Å². The van der Waals surface area contributed by atoms with E-state index in [-0.39, 0.29) is 11.7 Å². The van der Waals surface area contributed by atoms with Crippen LogP contribution in [0.5, 0.6) is 5.75 Å². The first-order chi connectivity index (χ1) is 13.1. The molecule has 0 unspecified atom stereocenters. The molecule has 6 rings (SSSR count). The number of nitrogens with zero attached hydrogens (tertiary/aromatic N) is 2. The first-order valence-corrected chi connectivity index (χ1v) is 9.80. The number of benzene rings is 2. The molecule has 0 radical (unpaired) electrons. The molecule has 4 heterocycles. The standard InChI is InChI=1S/C22H24F2N2O/c23-17-9-16(10-18(24)11-17)20-13-26(12-14-2-1-3-19(27)8-14)21-15-4-6-25(7-5-15)22(20)21/h1-3,8-11,15,20-22,27H,4-7,12-13H2/t20-,21+,22+/m1/s1. The maximum atomic E-state index is 13.9. The summed E-state index contributed by atoms with van der Waals surface area (Å²) in [7, 11) is 0. The second kappa shape index (κ2) is 6.57. The number of halogens is 2. The molecule has 4 aliphatic heterocycles. The smallest absolute Gasteiger partial charge is 0.126 e. The van der Waals surface area contributed by atoms with Gasteiger partial charge in [-0.25, -0.2) is 8.78 Å². The second-order valence-corrected chi connectivity index (χ2v) is 8.26. The second-order valence-electron chi connectivity index (χ2n) is 8.26. The molecule has 2 bridgehead atoms. The lowest BCUT2D eigenvalue weighted by atomic mass is 9.75. The molecule has 142 valence electrons. The first-order valence-electron chi connectivity index (χ1n) is 9.80. The molecule has 0 aromatic heterocycles. The summed E-state index contributed by atoms with van der Waals surface area (Å²) >= 11 is 0. The summed E-state index contributed by atoms with van der Waals surface area (Å²) in [5, 5.41) is 9.81. The van der Waals surface area contributed by atoms with Crippen LogP contribution in [-0.4, -0.2) is 46.6 Å². The van der Waals surface area contributed by atoms with Gasteiger partial charge in [0.25, 0.3) is 0 Å². The number of piperidine rings is 3. The van der Waals surface area contributed by atoms with Crippen molar-refractivity contribution in [1.82, 2.24) is 9.80 Å². The van der Waals surface area contributed by atoms with Crippen LogP contribution < -0.4 is 0 Å². The number of rotatable bonds is 3. The van der Waals surface area contributed by atoms with Crippen LogP contribution in [0.2, 0.25) is 0 Å². The van der Waals surface area contributed by atoms with E-state index in [0.717, 1.165) is 43.4 Å². The number of hydrogen-bond donors (Lipinski definition) is 1. The van der Waals surface area contributed by atoms with Crippen molar-refractivity contribution in [2.45, 2.75) is 37.4 Å². The van der Waals surface area contributed by atoms with Crippen LogP contribution in [0.4, 0.5) is 8.78 Å². The molecule has 2 aromatic carbocycles. The number of hydrogen-bond acceptors (Lipinski definition) is 3. The molecule has 3 atom stereocenters. The summed E-state index contributed by atoms with van der Waals surface area (Å²) in [5.41, 5.74) is 1.85. The van der Waals surface area contributed by atoms with E-state index in [0.29, 0.717) is 18.0 Å². The molecule has 27 heavy (non-hydrogen) atoms. The summed E-state index contributed by atoms with van der Waals surface area (Å²) in [6.07, 6.45) is 2.39. The quantitative estimate of drug-likeness (QED) is 0.892. The lowest BCUT2D eigenvalue weighted by Crippen LogP contribution is -2.59. The van der Waals surface area contributed by atoms with Gasteiger partial charge < -0.3 is 5.11 Å². The van der Waals surface area contributed by atoms with Crippen molar-refractivity contribution in [1.29, 1.82) is 0 Å². The van der Waals surface area contributed by atoms with Crippen LogP contribution in [0.25, 0.3) is 0 Å².